The molecule has 0 aromatic heterocycles. The zero-order valence-electron chi connectivity index (χ0n) is 16.0. The van der Waals surface area contributed by atoms with Crippen LogP contribution in [0.1, 0.15) is 13.3 Å². The van der Waals surface area contributed by atoms with Crippen molar-refractivity contribution >= 4 is 41.3 Å². The van der Waals surface area contributed by atoms with Crippen molar-refractivity contribution in [1.29, 1.82) is 0 Å². The molecule has 0 spiro atoms. The van der Waals surface area contributed by atoms with Crippen LogP contribution in [-0.4, -0.2) is 103 Å². The molecule has 2 amide bonds. The highest BCUT2D eigenvalue weighted by Crippen LogP contribution is 2.53. The monoisotopic (exact) mass is 432 g/mol. The molecular weight excluding hydrogens is 408 g/mol. The number of aliphatic hydroxyl groups is 3. The number of thioether (sulfide) groups is 2. The number of likely N-dealkylation sites (N-methyl/N-ethyl adjacent to an activating group) is 1. The summed E-state index contributed by atoms with van der Waals surface area (Å²) in [5.74, 6) is -2.15. The first-order valence-corrected chi connectivity index (χ1v) is 11.2. The maximum absolute atomic E-state index is 13.5. The lowest BCUT2D eigenvalue weighted by Crippen LogP contribution is -2.76. The maximum Gasteiger partial charge on any atom is 0.303 e. The standard InChI is InChI=1S/C17H24N2O7S2/c1-9(21)26-10-5-6-11(27-3)15(24)7-16(25)13(22)18(2)17(8-20,28-4)14(23)19(16)12(10)15/h5-6,10-12,20,24-25H,7-8H2,1-4H3/t10-,11-,12+,15+,16-,17-/m0/s1. The van der Waals surface area contributed by atoms with Crippen molar-refractivity contribution < 1.29 is 34.4 Å². The molecule has 0 saturated carbocycles. The normalized spacial score (nSPS) is 42.5. The van der Waals surface area contributed by atoms with Gasteiger partial charge in [0.05, 0.1) is 11.9 Å². The van der Waals surface area contributed by atoms with Crippen molar-refractivity contribution in [3.8, 4) is 0 Å². The first-order chi connectivity index (χ1) is 13.0. The lowest BCUT2D eigenvalue weighted by atomic mass is 9.81. The van der Waals surface area contributed by atoms with Crippen molar-refractivity contribution in [2.45, 2.75) is 46.9 Å². The van der Waals surface area contributed by atoms with Crippen molar-refractivity contribution in [3.63, 3.8) is 0 Å². The molecule has 6 atom stereocenters. The van der Waals surface area contributed by atoms with E-state index in [-0.39, 0.29) is 0 Å². The van der Waals surface area contributed by atoms with Crippen molar-refractivity contribution in [3.05, 3.63) is 12.2 Å². The lowest BCUT2D eigenvalue weighted by molar-refractivity contribution is -0.202. The molecule has 0 bridgehead atoms. The molecule has 2 aliphatic heterocycles. The summed E-state index contributed by atoms with van der Waals surface area (Å²) in [6.07, 6.45) is 5.07. The lowest BCUT2D eigenvalue weighted by Gasteiger charge is -2.52. The summed E-state index contributed by atoms with van der Waals surface area (Å²) in [5.41, 5.74) is -4.02. The molecule has 0 aromatic rings. The van der Waals surface area contributed by atoms with Crippen LogP contribution >= 0.6 is 23.5 Å². The van der Waals surface area contributed by atoms with Crippen LogP contribution in [0.15, 0.2) is 12.2 Å². The molecule has 0 aromatic carbocycles. The van der Waals surface area contributed by atoms with Crippen LogP contribution < -0.4 is 0 Å². The van der Waals surface area contributed by atoms with E-state index in [1.54, 1.807) is 24.7 Å². The summed E-state index contributed by atoms with van der Waals surface area (Å²) in [5, 5.41) is 32.2. The number of hydrogen-bond donors (Lipinski definition) is 3. The first-order valence-electron chi connectivity index (χ1n) is 8.64. The third-order valence-electron chi connectivity index (χ3n) is 5.85. The van der Waals surface area contributed by atoms with E-state index in [1.165, 1.54) is 25.7 Å². The summed E-state index contributed by atoms with van der Waals surface area (Å²) >= 11 is 2.26. The molecule has 3 N–H and O–H groups in total. The summed E-state index contributed by atoms with van der Waals surface area (Å²) < 4.78 is 5.31. The minimum Gasteiger partial charge on any atom is -0.456 e. The van der Waals surface area contributed by atoms with E-state index in [2.05, 4.69) is 0 Å². The number of hydrogen-bond acceptors (Lipinski definition) is 9. The number of rotatable bonds is 4. The highest BCUT2D eigenvalue weighted by molar-refractivity contribution is 8.00. The Bertz CT molecular complexity index is 743. The highest BCUT2D eigenvalue weighted by atomic mass is 32.2. The fourth-order valence-electron chi connectivity index (χ4n) is 4.50. The number of amides is 2. The van der Waals surface area contributed by atoms with E-state index in [4.69, 9.17) is 4.74 Å². The SMILES string of the molecule is CS[C@H]1C=C[C@H](OC(C)=O)[C@H]2N3C(=O)[C@](CO)(SC)N(C)C(=O)[C@@]3(O)C[C@@]12O. The van der Waals surface area contributed by atoms with Gasteiger partial charge in [-0.1, -0.05) is 6.08 Å². The Morgan fingerprint density at radius 3 is 2.43 bits per heavy atom. The van der Waals surface area contributed by atoms with Crippen molar-refractivity contribution in [2.24, 2.45) is 0 Å². The summed E-state index contributed by atoms with van der Waals surface area (Å²) in [6, 6.07) is -1.17. The minimum atomic E-state index is -2.31. The van der Waals surface area contributed by atoms with Gasteiger partial charge in [0.1, 0.15) is 17.7 Å². The summed E-state index contributed by atoms with van der Waals surface area (Å²) in [7, 11) is 1.34. The number of esters is 1. The van der Waals surface area contributed by atoms with Gasteiger partial charge in [0, 0.05) is 20.4 Å². The molecule has 156 valence electrons. The molecule has 2 heterocycles. The van der Waals surface area contributed by atoms with Crippen LogP contribution in [0.5, 0.6) is 0 Å². The second kappa shape index (κ2) is 6.91. The zero-order chi connectivity index (χ0) is 21.1. The average molecular weight is 433 g/mol. The van der Waals surface area contributed by atoms with Gasteiger partial charge in [-0.2, -0.15) is 11.8 Å². The summed E-state index contributed by atoms with van der Waals surface area (Å²) in [6.45, 7) is 0.526. The topological polar surface area (TPSA) is 128 Å². The minimum absolute atomic E-state index is 0.427. The van der Waals surface area contributed by atoms with Crippen LogP contribution in [-0.2, 0) is 19.1 Å². The predicted octanol–water partition coefficient (Wildman–Crippen LogP) is -1.24. The van der Waals surface area contributed by atoms with Crippen LogP contribution in [0.3, 0.4) is 0 Å². The number of piperazine rings is 1. The van der Waals surface area contributed by atoms with Gasteiger partial charge >= 0.3 is 5.97 Å². The van der Waals surface area contributed by atoms with Gasteiger partial charge in [-0.05, 0) is 18.6 Å². The van der Waals surface area contributed by atoms with E-state index < -0.39 is 64.4 Å². The number of ether oxygens (including phenoxy) is 1. The number of aliphatic hydroxyl groups excluding tert-OH is 1. The number of nitrogens with zero attached hydrogens (tertiary/aromatic N) is 2. The van der Waals surface area contributed by atoms with Crippen LogP contribution in [0.2, 0.25) is 0 Å². The number of carbonyl (C=O) groups is 3. The molecule has 2 saturated heterocycles. The molecule has 28 heavy (non-hydrogen) atoms. The van der Waals surface area contributed by atoms with Gasteiger partial charge in [0.2, 0.25) is 5.72 Å². The fraction of sp³-hybridized carbons (Fsp3) is 0.706. The van der Waals surface area contributed by atoms with Gasteiger partial charge in [-0.25, -0.2) is 0 Å². The Kier molecular flexibility index (Phi) is 5.29. The van der Waals surface area contributed by atoms with E-state index >= 15 is 0 Å². The van der Waals surface area contributed by atoms with E-state index in [0.717, 1.165) is 21.6 Å². The Morgan fingerprint density at radius 1 is 1.29 bits per heavy atom. The van der Waals surface area contributed by atoms with Gasteiger partial charge in [-0.15, -0.1) is 11.8 Å². The van der Waals surface area contributed by atoms with Crippen molar-refractivity contribution in [1.82, 2.24) is 9.80 Å². The molecule has 11 heteroatoms. The Balaban J connectivity index is 2.20. The molecule has 0 unspecified atom stereocenters. The molecule has 2 fully saturated rings. The fourth-order valence-corrected chi connectivity index (χ4v) is 6.14. The smallest absolute Gasteiger partial charge is 0.303 e. The van der Waals surface area contributed by atoms with Gasteiger partial charge < -0.3 is 25.0 Å². The first kappa shape index (κ1) is 21.4. The molecule has 9 nitrogen and oxygen atoms in total. The van der Waals surface area contributed by atoms with Crippen molar-refractivity contribution in [2.75, 3.05) is 26.2 Å². The van der Waals surface area contributed by atoms with Crippen LogP contribution in [0.25, 0.3) is 0 Å². The Hall–Kier alpha value is -1.27. The number of fused-ring (bicyclic) bond motifs is 3. The second-order valence-electron chi connectivity index (χ2n) is 7.23. The van der Waals surface area contributed by atoms with Crippen LogP contribution in [0, 0.1) is 0 Å². The highest BCUT2D eigenvalue weighted by Gasteiger charge is 2.74. The zero-order valence-corrected chi connectivity index (χ0v) is 17.6. The predicted molar refractivity (Wildman–Crippen MR) is 103 cm³/mol. The van der Waals surface area contributed by atoms with Gasteiger partial charge in [-0.3, -0.25) is 19.3 Å². The Labute approximate surface area is 171 Å². The second-order valence-corrected chi connectivity index (χ2v) is 9.29. The quantitative estimate of drug-likeness (QED) is 0.369. The van der Waals surface area contributed by atoms with Crippen LogP contribution in [0.4, 0.5) is 0 Å². The molecular formula is C17H24N2O7S2. The Morgan fingerprint density at radius 2 is 1.93 bits per heavy atom. The molecule has 3 rings (SSSR count). The van der Waals surface area contributed by atoms with E-state index in [1.807, 2.05) is 0 Å². The molecule has 0 radical (unpaired) electrons. The van der Waals surface area contributed by atoms with Gasteiger partial charge in [0.15, 0.2) is 4.87 Å². The van der Waals surface area contributed by atoms with E-state index in [9.17, 15) is 29.7 Å². The van der Waals surface area contributed by atoms with E-state index in [0.29, 0.717) is 0 Å². The maximum atomic E-state index is 13.5. The largest absolute Gasteiger partial charge is 0.456 e. The summed E-state index contributed by atoms with van der Waals surface area (Å²) in [4.78, 5) is 38.5. The molecule has 3 aliphatic rings. The van der Waals surface area contributed by atoms with Gasteiger partial charge in [0.25, 0.3) is 11.8 Å². The molecule has 1 aliphatic carbocycles. The number of carbonyl (C=O) groups excluding carboxylic acids is 3. The third kappa shape index (κ3) is 2.56. The third-order valence-corrected chi connectivity index (χ3v) is 8.17. The average Bonchev–Trinajstić information content (AvgIpc) is 2.90.